The van der Waals surface area contributed by atoms with Gasteiger partial charge < -0.3 is 29.2 Å². The van der Waals surface area contributed by atoms with E-state index in [0.717, 1.165) is 11.1 Å². The number of rotatable bonds is 5. The normalized spacial score (nSPS) is 29.7. The molecule has 150 valence electrons. The van der Waals surface area contributed by atoms with Gasteiger partial charge in [-0.25, -0.2) is 0 Å². The van der Waals surface area contributed by atoms with Crippen molar-refractivity contribution in [3.63, 3.8) is 0 Å². The van der Waals surface area contributed by atoms with Crippen molar-refractivity contribution in [1.29, 1.82) is 0 Å². The van der Waals surface area contributed by atoms with Crippen molar-refractivity contribution in [3.05, 3.63) is 69.7 Å². The van der Waals surface area contributed by atoms with E-state index in [-0.39, 0.29) is 13.2 Å². The molecule has 2 aromatic rings. The second kappa shape index (κ2) is 8.65. The predicted molar refractivity (Wildman–Crippen MR) is 102 cm³/mol. The quantitative estimate of drug-likeness (QED) is 0.763. The topological polar surface area (TPSA) is 77.4 Å². The minimum Gasteiger partial charge on any atom is -0.387 e. The molecule has 2 aliphatic rings. The Morgan fingerprint density at radius 1 is 0.750 bits per heavy atom. The molecule has 2 aromatic carbocycles. The maximum Gasteiger partial charge on any atom is 0.184 e. The number of ether oxygens (including phenoxy) is 4. The molecule has 0 aliphatic carbocycles. The molecule has 6 atom stereocenters. The SMILES string of the molecule is O[C@H]([C@@H](O)[C@H]1COC(c2cccc(Cl)c2)O1)[C@@H]1COC(c2cccc(Cl)c2)O1. The van der Waals surface area contributed by atoms with Gasteiger partial charge in [0.1, 0.15) is 24.4 Å². The molecule has 2 N–H and O–H groups in total. The zero-order valence-electron chi connectivity index (χ0n) is 14.8. The Kier molecular flexibility index (Phi) is 6.20. The molecule has 4 rings (SSSR count). The molecule has 2 fully saturated rings. The summed E-state index contributed by atoms with van der Waals surface area (Å²) in [6.07, 6.45) is -5.09. The smallest absolute Gasteiger partial charge is 0.184 e. The first-order valence-corrected chi connectivity index (χ1v) is 9.68. The van der Waals surface area contributed by atoms with E-state index in [2.05, 4.69) is 0 Å². The molecular weight excluding hydrogens is 407 g/mol. The Balaban J connectivity index is 1.35. The predicted octanol–water partition coefficient (Wildman–Crippen LogP) is 3.24. The molecule has 2 heterocycles. The van der Waals surface area contributed by atoms with Gasteiger partial charge in [-0.15, -0.1) is 0 Å². The summed E-state index contributed by atoms with van der Waals surface area (Å²) in [6, 6.07) is 14.2. The molecular formula is C20H20Cl2O6. The molecule has 0 radical (unpaired) electrons. The summed E-state index contributed by atoms with van der Waals surface area (Å²) in [6.45, 7) is 0.279. The molecule has 0 aromatic heterocycles. The molecule has 2 aliphatic heterocycles. The Morgan fingerprint density at radius 2 is 1.18 bits per heavy atom. The summed E-state index contributed by atoms with van der Waals surface area (Å²) in [5.41, 5.74) is 1.50. The van der Waals surface area contributed by atoms with E-state index in [4.69, 9.17) is 42.1 Å². The first-order chi connectivity index (χ1) is 13.5. The Morgan fingerprint density at radius 3 is 1.57 bits per heavy atom. The third-order valence-corrected chi connectivity index (χ3v) is 5.24. The molecule has 2 unspecified atom stereocenters. The highest BCUT2D eigenvalue weighted by Gasteiger charge is 2.42. The Bertz CT molecular complexity index is 751. The highest BCUT2D eigenvalue weighted by Crippen LogP contribution is 2.33. The van der Waals surface area contributed by atoms with E-state index in [1.807, 2.05) is 12.1 Å². The summed E-state index contributed by atoms with van der Waals surface area (Å²) in [5, 5.41) is 22.3. The van der Waals surface area contributed by atoms with Crippen molar-refractivity contribution < 1.29 is 29.2 Å². The fourth-order valence-corrected chi connectivity index (χ4v) is 3.69. The number of hydrogen-bond donors (Lipinski definition) is 2. The third kappa shape index (κ3) is 4.35. The van der Waals surface area contributed by atoms with Crippen LogP contribution in [0, 0.1) is 0 Å². The van der Waals surface area contributed by atoms with Crippen molar-refractivity contribution in [2.45, 2.75) is 37.0 Å². The molecule has 8 heteroatoms. The van der Waals surface area contributed by atoms with Crippen LogP contribution in [0.2, 0.25) is 10.0 Å². The van der Waals surface area contributed by atoms with Gasteiger partial charge >= 0.3 is 0 Å². The maximum atomic E-state index is 10.6. The Labute approximate surface area is 172 Å². The minimum atomic E-state index is -1.20. The fraction of sp³-hybridized carbons (Fsp3) is 0.400. The summed E-state index contributed by atoms with van der Waals surface area (Å²) >= 11 is 12.0. The van der Waals surface area contributed by atoms with Gasteiger partial charge in [0.05, 0.1) is 13.2 Å². The lowest BCUT2D eigenvalue weighted by molar-refractivity contribution is -0.141. The van der Waals surface area contributed by atoms with Crippen LogP contribution in [-0.2, 0) is 18.9 Å². The average Bonchev–Trinajstić information content (AvgIpc) is 3.37. The summed E-state index contributed by atoms with van der Waals surface area (Å²) in [4.78, 5) is 0. The number of halogens is 2. The number of hydrogen-bond acceptors (Lipinski definition) is 6. The van der Waals surface area contributed by atoms with Gasteiger partial charge in [0.25, 0.3) is 0 Å². The molecule has 28 heavy (non-hydrogen) atoms. The van der Waals surface area contributed by atoms with Gasteiger partial charge in [-0.2, -0.15) is 0 Å². The van der Waals surface area contributed by atoms with Gasteiger partial charge in [-0.3, -0.25) is 0 Å². The van der Waals surface area contributed by atoms with E-state index >= 15 is 0 Å². The molecule has 2 saturated heterocycles. The van der Waals surface area contributed by atoms with Crippen LogP contribution in [0.25, 0.3) is 0 Å². The maximum absolute atomic E-state index is 10.6. The molecule has 0 saturated carbocycles. The van der Waals surface area contributed by atoms with Crippen LogP contribution < -0.4 is 0 Å². The second-order valence-corrected chi connectivity index (χ2v) is 7.64. The average molecular weight is 427 g/mol. The highest BCUT2D eigenvalue weighted by atomic mass is 35.5. The first-order valence-electron chi connectivity index (χ1n) is 8.92. The van der Waals surface area contributed by atoms with Crippen LogP contribution in [0.4, 0.5) is 0 Å². The first kappa shape index (κ1) is 20.1. The highest BCUT2D eigenvalue weighted by molar-refractivity contribution is 6.30. The van der Waals surface area contributed by atoms with E-state index in [1.165, 1.54) is 0 Å². The van der Waals surface area contributed by atoms with Crippen molar-refractivity contribution in [2.75, 3.05) is 13.2 Å². The molecule has 0 bridgehead atoms. The molecule has 6 nitrogen and oxygen atoms in total. The minimum absolute atomic E-state index is 0.140. The Hall–Kier alpha value is -1.22. The van der Waals surface area contributed by atoms with Crippen LogP contribution in [-0.4, -0.2) is 47.8 Å². The second-order valence-electron chi connectivity index (χ2n) is 6.77. The largest absolute Gasteiger partial charge is 0.387 e. The van der Waals surface area contributed by atoms with Gasteiger partial charge in [0, 0.05) is 21.2 Å². The molecule has 0 amide bonds. The van der Waals surface area contributed by atoms with Crippen LogP contribution in [0.1, 0.15) is 23.7 Å². The van der Waals surface area contributed by atoms with Crippen molar-refractivity contribution in [3.8, 4) is 0 Å². The number of aliphatic hydroxyl groups is 2. The van der Waals surface area contributed by atoms with Crippen LogP contribution >= 0.6 is 23.2 Å². The zero-order chi connectivity index (χ0) is 19.7. The molecule has 0 spiro atoms. The van der Waals surface area contributed by atoms with Crippen molar-refractivity contribution >= 4 is 23.2 Å². The summed E-state index contributed by atoms with van der Waals surface area (Å²) < 4.78 is 22.7. The van der Waals surface area contributed by atoms with Crippen LogP contribution in [0.15, 0.2) is 48.5 Å². The van der Waals surface area contributed by atoms with E-state index in [0.29, 0.717) is 10.0 Å². The van der Waals surface area contributed by atoms with Crippen LogP contribution in [0.3, 0.4) is 0 Å². The van der Waals surface area contributed by atoms with Crippen molar-refractivity contribution in [1.82, 2.24) is 0 Å². The van der Waals surface area contributed by atoms with Gasteiger partial charge in [-0.05, 0) is 24.3 Å². The third-order valence-electron chi connectivity index (χ3n) is 4.77. The summed E-state index contributed by atoms with van der Waals surface area (Å²) in [7, 11) is 0. The monoisotopic (exact) mass is 426 g/mol. The number of benzene rings is 2. The van der Waals surface area contributed by atoms with Gasteiger partial charge in [0.15, 0.2) is 12.6 Å². The van der Waals surface area contributed by atoms with Gasteiger partial charge in [0.2, 0.25) is 0 Å². The van der Waals surface area contributed by atoms with E-state index in [9.17, 15) is 10.2 Å². The zero-order valence-corrected chi connectivity index (χ0v) is 16.3. The summed E-state index contributed by atoms with van der Waals surface area (Å²) in [5.74, 6) is 0. The van der Waals surface area contributed by atoms with Gasteiger partial charge in [-0.1, -0.05) is 47.5 Å². The number of aliphatic hydroxyl groups excluding tert-OH is 2. The lowest BCUT2D eigenvalue weighted by atomic mass is 10.0. The standard InChI is InChI=1S/C20H20Cl2O6/c21-13-5-1-3-11(7-13)19-25-9-15(27-19)17(23)18(24)16-10-26-20(28-16)12-4-2-6-14(22)8-12/h1-8,15-20,23-24H,9-10H2/t15-,16+,17-,18-,19?,20?/m0/s1. The van der Waals surface area contributed by atoms with Crippen LogP contribution in [0.5, 0.6) is 0 Å². The lowest BCUT2D eigenvalue weighted by Crippen LogP contribution is -2.46. The fourth-order valence-electron chi connectivity index (χ4n) is 3.29. The van der Waals surface area contributed by atoms with E-state index < -0.39 is 37.0 Å². The van der Waals surface area contributed by atoms with E-state index in [1.54, 1.807) is 36.4 Å². The van der Waals surface area contributed by atoms with Crippen molar-refractivity contribution in [2.24, 2.45) is 0 Å². The lowest BCUT2D eigenvalue weighted by Gasteiger charge is -2.26.